The first-order valence-corrected chi connectivity index (χ1v) is 13.0. The van der Waals surface area contributed by atoms with Crippen molar-refractivity contribution in [1.82, 2.24) is 5.09 Å². The summed E-state index contributed by atoms with van der Waals surface area (Å²) >= 11 is 1.32. The number of nitrogens with one attached hydrogen (secondary N) is 1. The fourth-order valence-corrected chi connectivity index (χ4v) is 6.09. The van der Waals surface area contributed by atoms with Crippen LogP contribution in [0.15, 0.2) is 67.3 Å². The molecule has 0 spiro atoms. The average Bonchev–Trinajstić information content (AvgIpc) is 3.21. The van der Waals surface area contributed by atoms with Crippen molar-refractivity contribution in [2.75, 3.05) is 13.2 Å². The molecule has 0 aliphatic heterocycles. The molecule has 0 amide bonds. The van der Waals surface area contributed by atoms with E-state index in [0.717, 1.165) is 15.6 Å². The van der Waals surface area contributed by atoms with Crippen molar-refractivity contribution in [2.24, 2.45) is 0 Å². The van der Waals surface area contributed by atoms with E-state index in [2.05, 4.69) is 11.7 Å². The van der Waals surface area contributed by atoms with Gasteiger partial charge in [-0.05, 0) is 55.1 Å². The molecule has 0 aliphatic carbocycles. The SMILES string of the molecule is C=CCOC(=O)c1cc2cc(CP(=O)(N[C@@H](C)C(=O)OCC)Oc3ccccc3)ccc2s1. The zero-order valence-corrected chi connectivity index (χ0v) is 20.2. The highest BCUT2D eigenvalue weighted by molar-refractivity contribution is 7.56. The smallest absolute Gasteiger partial charge is 0.348 e. The van der Waals surface area contributed by atoms with Crippen LogP contribution in [-0.4, -0.2) is 31.2 Å². The fourth-order valence-electron chi connectivity index (χ4n) is 3.11. The van der Waals surface area contributed by atoms with Crippen molar-refractivity contribution in [1.29, 1.82) is 0 Å². The molecule has 0 radical (unpaired) electrons. The second-order valence-electron chi connectivity index (χ2n) is 7.21. The van der Waals surface area contributed by atoms with E-state index in [4.69, 9.17) is 14.0 Å². The number of carbonyl (C=O) groups is 2. The Hall–Kier alpha value is -2.93. The van der Waals surface area contributed by atoms with Gasteiger partial charge < -0.3 is 14.0 Å². The fraction of sp³-hybridized carbons (Fsp3) is 0.250. The molecule has 7 nitrogen and oxygen atoms in total. The Morgan fingerprint density at radius 2 is 1.91 bits per heavy atom. The third-order valence-electron chi connectivity index (χ3n) is 4.53. The van der Waals surface area contributed by atoms with Crippen molar-refractivity contribution in [3.8, 4) is 5.75 Å². The molecule has 174 valence electrons. The van der Waals surface area contributed by atoms with Gasteiger partial charge in [0.25, 0.3) is 0 Å². The number of hydrogen-bond donors (Lipinski definition) is 1. The Kier molecular flexibility index (Phi) is 8.44. The number of ether oxygens (including phenoxy) is 2. The van der Waals surface area contributed by atoms with Crippen LogP contribution in [0.5, 0.6) is 5.75 Å². The number of benzene rings is 2. The van der Waals surface area contributed by atoms with E-state index in [0.29, 0.717) is 10.6 Å². The molecule has 1 heterocycles. The van der Waals surface area contributed by atoms with E-state index >= 15 is 0 Å². The van der Waals surface area contributed by atoms with E-state index < -0.39 is 25.5 Å². The van der Waals surface area contributed by atoms with E-state index in [1.165, 1.54) is 17.4 Å². The topological polar surface area (TPSA) is 90.9 Å². The minimum atomic E-state index is -3.55. The maximum Gasteiger partial charge on any atom is 0.348 e. The van der Waals surface area contributed by atoms with Gasteiger partial charge in [-0.1, -0.05) is 36.9 Å². The van der Waals surface area contributed by atoms with Crippen molar-refractivity contribution >= 4 is 40.9 Å². The van der Waals surface area contributed by atoms with Crippen LogP contribution in [-0.2, 0) is 25.0 Å². The molecule has 0 aliphatic rings. The molecule has 3 aromatic rings. The Labute approximate surface area is 196 Å². The minimum absolute atomic E-state index is 0.0354. The van der Waals surface area contributed by atoms with Gasteiger partial charge in [0, 0.05) is 4.70 Å². The quantitative estimate of drug-likeness (QED) is 0.215. The van der Waals surface area contributed by atoms with Gasteiger partial charge in [0.2, 0.25) is 0 Å². The molecule has 3 rings (SSSR count). The highest BCUT2D eigenvalue weighted by Gasteiger charge is 2.31. The molecular weight excluding hydrogens is 461 g/mol. The lowest BCUT2D eigenvalue weighted by Gasteiger charge is -2.23. The summed E-state index contributed by atoms with van der Waals surface area (Å²) in [5.74, 6) is -0.501. The third-order valence-corrected chi connectivity index (χ3v) is 7.70. The van der Waals surface area contributed by atoms with Gasteiger partial charge in [0.05, 0.1) is 12.8 Å². The van der Waals surface area contributed by atoms with Gasteiger partial charge in [0.1, 0.15) is 23.3 Å². The summed E-state index contributed by atoms with van der Waals surface area (Å²) < 4.78 is 30.7. The summed E-state index contributed by atoms with van der Waals surface area (Å²) in [7, 11) is -3.55. The Bertz CT molecular complexity index is 1180. The summed E-state index contributed by atoms with van der Waals surface area (Å²) in [5, 5.41) is 3.67. The van der Waals surface area contributed by atoms with Crippen molar-refractivity contribution < 1.29 is 28.2 Å². The summed E-state index contributed by atoms with van der Waals surface area (Å²) in [4.78, 5) is 24.8. The Morgan fingerprint density at radius 1 is 1.15 bits per heavy atom. The zero-order chi connectivity index (χ0) is 23.8. The molecule has 1 aromatic heterocycles. The van der Waals surface area contributed by atoms with E-state index in [-0.39, 0.29) is 19.4 Å². The molecule has 33 heavy (non-hydrogen) atoms. The van der Waals surface area contributed by atoms with E-state index in [1.54, 1.807) is 44.2 Å². The third kappa shape index (κ3) is 6.78. The lowest BCUT2D eigenvalue weighted by atomic mass is 10.2. The van der Waals surface area contributed by atoms with Gasteiger partial charge >= 0.3 is 19.5 Å². The summed E-state index contributed by atoms with van der Waals surface area (Å²) in [6, 6.07) is 15.2. The first-order valence-electron chi connectivity index (χ1n) is 10.4. The molecule has 1 N–H and O–H groups in total. The van der Waals surface area contributed by atoms with Crippen molar-refractivity contribution in [3.05, 3.63) is 77.7 Å². The van der Waals surface area contributed by atoms with E-state index in [1.807, 2.05) is 24.3 Å². The largest absolute Gasteiger partial charge is 0.465 e. The maximum atomic E-state index is 13.8. The Morgan fingerprint density at radius 3 is 2.61 bits per heavy atom. The maximum absolute atomic E-state index is 13.8. The van der Waals surface area contributed by atoms with Crippen LogP contribution in [0.1, 0.15) is 29.1 Å². The normalized spacial score (nSPS) is 13.6. The summed E-state index contributed by atoms with van der Waals surface area (Å²) in [6.45, 7) is 7.20. The van der Waals surface area contributed by atoms with Crippen LogP contribution in [0.3, 0.4) is 0 Å². The van der Waals surface area contributed by atoms with Crippen LogP contribution in [0, 0.1) is 0 Å². The van der Waals surface area contributed by atoms with Crippen LogP contribution >= 0.6 is 18.9 Å². The van der Waals surface area contributed by atoms with Crippen LogP contribution in [0.4, 0.5) is 0 Å². The number of esters is 2. The molecule has 0 saturated heterocycles. The molecule has 2 aromatic carbocycles. The zero-order valence-electron chi connectivity index (χ0n) is 18.5. The average molecular weight is 488 g/mol. The first-order chi connectivity index (χ1) is 15.8. The van der Waals surface area contributed by atoms with Gasteiger partial charge in [-0.15, -0.1) is 11.3 Å². The highest BCUT2D eigenvalue weighted by Crippen LogP contribution is 2.47. The number of carbonyl (C=O) groups excluding carboxylic acids is 2. The monoisotopic (exact) mass is 487 g/mol. The van der Waals surface area contributed by atoms with Gasteiger partial charge in [-0.25, -0.2) is 9.88 Å². The van der Waals surface area contributed by atoms with Crippen molar-refractivity contribution in [3.63, 3.8) is 0 Å². The standard InChI is InChI=1S/C24H26NO6PS/c1-4-13-30-24(27)22-15-19-14-18(11-12-21(19)33-22)16-32(28,25-17(3)23(26)29-5-2)31-20-9-7-6-8-10-20/h4,6-12,14-15,17H,1,5,13,16H2,2-3H3,(H,25,28)/t17-,32?/m0/s1. The van der Waals surface area contributed by atoms with Crippen LogP contribution < -0.4 is 9.61 Å². The number of rotatable bonds is 11. The number of para-hydroxylation sites is 1. The van der Waals surface area contributed by atoms with Gasteiger partial charge in [0.15, 0.2) is 0 Å². The molecule has 0 saturated carbocycles. The van der Waals surface area contributed by atoms with Crippen molar-refractivity contribution in [2.45, 2.75) is 26.1 Å². The first kappa shape index (κ1) is 24.7. The second-order valence-corrected chi connectivity index (χ2v) is 10.4. The summed E-state index contributed by atoms with van der Waals surface area (Å²) in [5.41, 5.74) is 0.731. The summed E-state index contributed by atoms with van der Waals surface area (Å²) in [6.07, 6.45) is 1.55. The van der Waals surface area contributed by atoms with Crippen LogP contribution in [0.25, 0.3) is 10.1 Å². The van der Waals surface area contributed by atoms with Gasteiger partial charge in [-0.3, -0.25) is 9.36 Å². The minimum Gasteiger partial charge on any atom is -0.465 e. The lowest BCUT2D eigenvalue weighted by molar-refractivity contribution is -0.144. The second kappa shape index (κ2) is 11.3. The molecular formula is C24H26NO6PS. The highest BCUT2D eigenvalue weighted by atomic mass is 32.1. The molecule has 1 unspecified atom stereocenters. The van der Waals surface area contributed by atoms with E-state index in [9.17, 15) is 14.2 Å². The van der Waals surface area contributed by atoms with Gasteiger partial charge in [-0.2, -0.15) is 0 Å². The number of fused-ring (bicyclic) bond motifs is 1. The molecule has 0 bridgehead atoms. The molecule has 2 atom stereocenters. The Balaban J connectivity index is 1.86. The molecule has 9 heteroatoms. The van der Waals surface area contributed by atoms with Crippen LogP contribution in [0.2, 0.25) is 0 Å². The lowest BCUT2D eigenvalue weighted by Crippen LogP contribution is -2.34. The predicted molar refractivity (Wildman–Crippen MR) is 130 cm³/mol. The number of hydrogen-bond acceptors (Lipinski definition) is 7. The molecule has 0 fully saturated rings. The number of thiophene rings is 1. The predicted octanol–water partition coefficient (Wildman–Crippen LogP) is 5.56.